The summed E-state index contributed by atoms with van der Waals surface area (Å²) < 4.78 is 59.8. The second kappa shape index (κ2) is 4.96. The van der Waals surface area contributed by atoms with Gasteiger partial charge in [-0.2, -0.15) is 21.6 Å². The second-order valence-corrected chi connectivity index (χ2v) is 5.17. The number of carbonyl (C=O) groups is 1. The van der Waals surface area contributed by atoms with Crippen LogP contribution in [-0.2, 0) is 10.0 Å². The van der Waals surface area contributed by atoms with Crippen LogP contribution in [0.25, 0.3) is 0 Å². The van der Waals surface area contributed by atoms with Crippen LogP contribution in [0.5, 0.6) is 0 Å². The first-order chi connectivity index (χ1) is 8.53. The second-order valence-electron chi connectivity index (χ2n) is 3.49. The maximum atomic E-state index is 12.2. The quantitative estimate of drug-likeness (QED) is 0.870. The van der Waals surface area contributed by atoms with Gasteiger partial charge in [-0.15, -0.1) is 0 Å². The van der Waals surface area contributed by atoms with Crippen LogP contribution in [0, 0.1) is 6.92 Å². The third-order valence-electron chi connectivity index (χ3n) is 2.03. The summed E-state index contributed by atoms with van der Waals surface area (Å²) in [6, 6.07) is 3.41. The van der Waals surface area contributed by atoms with Crippen LogP contribution in [0.4, 0.5) is 29.3 Å². The largest absolute Gasteiger partial charge is 0.530 e. The Morgan fingerprint density at radius 3 is 2.37 bits per heavy atom. The molecule has 1 aromatic rings. The molecule has 19 heavy (non-hydrogen) atoms. The summed E-state index contributed by atoms with van der Waals surface area (Å²) >= 11 is 0. The fraction of sp³-hybridized carbons (Fsp3) is 0.222. The van der Waals surface area contributed by atoms with Gasteiger partial charge in [-0.3, -0.25) is 4.72 Å². The highest BCUT2D eigenvalue weighted by Gasteiger charge is 2.46. The number of rotatable bonds is 3. The van der Waals surface area contributed by atoms with Gasteiger partial charge >= 0.3 is 15.5 Å². The Bertz CT molecular complexity index is 598. The maximum absolute atomic E-state index is 12.2. The van der Waals surface area contributed by atoms with Gasteiger partial charge < -0.3 is 15.2 Å². The van der Waals surface area contributed by atoms with Crippen LogP contribution in [0.3, 0.4) is 0 Å². The van der Waals surface area contributed by atoms with Crippen molar-refractivity contribution in [3.63, 3.8) is 0 Å². The normalized spacial score (nSPS) is 12.0. The van der Waals surface area contributed by atoms with Crippen LogP contribution in [0.15, 0.2) is 18.2 Å². The highest BCUT2D eigenvalue weighted by molar-refractivity contribution is 7.93. The lowest BCUT2D eigenvalue weighted by molar-refractivity contribution is -0.242. The number of aryl methyl sites for hydroxylation is 1. The van der Waals surface area contributed by atoms with E-state index >= 15 is 0 Å². The summed E-state index contributed by atoms with van der Waals surface area (Å²) in [7, 11) is -5.56. The molecule has 0 fully saturated rings. The molecule has 0 bridgehead atoms. The molecule has 0 spiro atoms. The van der Waals surface area contributed by atoms with Crippen molar-refractivity contribution in [1.29, 1.82) is 0 Å². The topological polar surface area (TPSA) is 98.3 Å². The Morgan fingerprint density at radius 2 is 1.89 bits per heavy atom. The fourth-order valence-electron chi connectivity index (χ4n) is 1.13. The number of hydrogen-bond acceptors (Lipinski definition) is 4. The lowest BCUT2D eigenvalue weighted by atomic mass is 10.2. The van der Waals surface area contributed by atoms with E-state index in [-0.39, 0.29) is 16.9 Å². The molecular weight excluding hydrogens is 289 g/mol. The Kier molecular flexibility index (Phi) is 3.94. The van der Waals surface area contributed by atoms with Crippen LogP contribution < -0.4 is 15.1 Å². The molecule has 0 aromatic heterocycles. The molecule has 0 saturated heterocycles. The summed E-state index contributed by atoms with van der Waals surface area (Å²) in [6.07, 6.45) is -1.67. The predicted octanol–water partition coefficient (Wildman–Crippen LogP) is 1.01. The number of sulfonamides is 1. The van der Waals surface area contributed by atoms with Gasteiger partial charge in [0.05, 0.1) is 5.69 Å². The van der Waals surface area contributed by atoms with E-state index in [1.165, 1.54) is 23.8 Å². The van der Waals surface area contributed by atoms with Crippen molar-refractivity contribution in [2.45, 2.75) is 12.4 Å². The molecular formula is C9H8F3N2O4S-. The zero-order chi connectivity index (χ0) is 14.8. The van der Waals surface area contributed by atoms with Gasteiger partial charge in [0.25, 0.3) is 0 Å². The number of nitrogens with one attached hydrogen (secondary N) is 2. The fourth-order valence-corrected chi connectivity index (χ4v) is 1.76. The lowest BCUT2D eigenvalue weighted by Gasteiger charge is -2.14. The number of halogens is 3. The van der Waals surface area contributed by atoms with E-state index < -0.39 is 21.6 Å². The minimum absolute atomic E-state index is 0.120. The monoisotopic (exact) mass is 297 g/mol. The first kappa shape index (κ1) is 15.1. The van der Waals surface area contributed by atoms with Crippen LogP contribution in [0.2, 0.25) is 0 Å². The number of hydrogen-bond donors (Lipinski definition) is 2. The van der Waals surface area contributed by atoms with E-state index in [1.807, 2.05) is 0 Å². The Morgan fingerprint density at radius 1 is 1.32 bits per heavy atom. The molecule has 6 nitrogen and oxygen atoms in total. The molecule has 0 unspecified atom stereocenters. The molecule has 1 rings (SSSR count). The summed E-state index contributed by atoms with van der Waals surface area (Å²) in [6.45, 7) is 1.36. The minimum Gasteiger partial charge on any atom is -0.530 e. The van der Waals surface area contributed by atoms with Gasteiger partial charge in [0, 0.05) is 5.69 Å². The van der Waals surface area contributed by atoms with Gasteiger partial charge in [0.2, 0.25) is 0 Å². The van der Waals surface area contributed by atoms with Crippen molar-refractivity contribution < 1.29 is 31.5 Å². The molecule has 2 N–H and O–H groups in total. The van der Waals surface area contributed by atoms with Crippen LogP contribution in [0.1, 0.15) is 5.56 Å². The number of carbonyl (C=O) groups excluding carboxylic acids is 1. The molecule has 0 heterocycles. The number of alkyl halides is 3. The number of anilines is 2. The zero-order valence-electron chi connectivity index (χ0n) is 9.41. The van der Waals surface area contributed by atoms with Gasteiger partial charge in [-0.25, -0.2) is 0 Å². The molecule has 0 atom stereocenters. The van der Waals surface area contributed by atoms with Crippen molar-refractivity contribution in [3.8, 4) is 0 Å². The molecule has 0 aliphatic rings. The molecule has 1 aromatic carbocycles. The summed E-state index contributed by atoms with van der Waals surface area (Å²) in [5.74, 6) is 0. The van der Waals surface area contributed by atoms with Crippen molar-refractivity contribution in [2.75, 3.05) is 10.0 Å². The summed E-state index contributed by atoms with van der Waals surface area (Å²) in [5.41, 5.74) is -5.78. The van der Waals surface area contributed by atoms with Crippen LogP contribution >= 0.6 is 0 Å². The van der Waals surface area contributed by atoms with Crippen LogP contribution in [-0.4, -0.2) is 20.0 Å². The summed E-state index contributed by atoms with van der Waals surface area (Å²) in [4.78, 5) is 10.3. The van der Waals surface area contributed by atoms with Crippen molar-refractivity contribution in [2.24, 2.45) is 0 Å². The van der Waals surface area contributed by atoms with E-state index in [0.29, 0.717) is 0 Å². The van der Waals surface area contributed by atoms with E-state index in [4.69, 9.17) is 0 Å². The smallest absolute Gasteiger partial charge is 0.516 e. The standard InChI is InChI=1S/C9H9F3N2O4S/c1-5-2-3-6(13-8(15)16)4-7(5)14-19(17,18)9(10,11)12/h2-4,13-14H,1H3,(H,15,16)/p-1. The first-order valence-corrected chi connectivity index (χ1v) is 6.19. The van der Waals surface area contributed by atoms with E-state index in [0.717, 1.165) is 6.07 Å². The molecule has 0 radical (unpaired) electrons. The Balaban J connectivity index is 3.11. The highest BCUT2D eigenvalue weighted by atomic mass is 32.2. The maximum Gasteiger partial charge on any atom is 0.516 e. The predicted molar refractivity (Wildman–Crippen MR) is 58.8 cm³/mol. The molecule has 0 saturated carbocycles. The number of benzene rings is 1. The van der Waals surface area contributed by atoms with E-state index in [9.17, 15) is 31.5 Å². The molecule has 106 valence electrons. The van der Waals surface area contributed by atoms with Crippen molar-refractivity contribution >= 4 is 27.5 Å². The average Bonchev–Trinajstić information content (AvgIpc) is 2.20. The van der Waals surface area contributed by atoms with E-state index in [1.54, 1.807) is 5.32 Å². The van der Waals surface area contributed by atoms with Crippen molar-refractivity contribution in [3.05, 3.63) is 23.8 Å². The highest BCUT2D eigenvalue weighted by Crippen LogP contribution is 2.28. The average molecular weight is 297 g/mol. The zero-order valence-corrected chi connectivity index (χ0v) is 10.2. The van der Waals surface area contributed by atoms with Gasteiger partial charge in [0.15, 0.2) is 0 Å². The van der Waals surface area contributed by atoms with Gasteiger partial charge in [-0.05, 0) is 24.6 Å². The SMILES string of the molecule is Cc1ccc(NC(=O)[O-])cc1NS(=O)(=O)C(F)(F)F. The third kappa shape index (κ3) is 3.74. The Labute approximate surface area is 106 Å². The molecule has 1 amide bonds. The molecule has 0 aliphatic carbocycles. The van der Waals surface area contributed by atoms with Gasteiger partial charge in [0.1, 0.15) is 6.09 Å². The Hall–Kier alpha value is -1.97. The first-order valence-electron chi connectivity index (χ1n) is 4.70. The van der Waals surface area contributed by atoms with E-state index in [2.05, 4.69) is 0 Å². The minimum atomic E-state index is -5.56. The third-order valence-corrected chi connectivity index (χ3v) is 3.13. The van der Waals surface area contributed by atoms with Gasteiger partial charge in [-0.1, -0.05) is 6.07 Å². The molecule has 10 heteroatoms. The lowest BCUT2D eigenvalue weighted by Crippen LogP contribution is -2.30. The number of amides is 1. The van der Waals surface area contributed by atoms with Crippen molar-refractivity contribution in [1.82, 2.24) is 0 Å². The summed E-state index contributed by atoms with van der Waals surface area (Å²) in [5, 5.41) is 12.1. The molecule has 0 aliphatic heterocycles. The number of carboxylic acid groups (broad SMARTS) is 1.